The first kappa shape index (κ1) is 28.4. The molecule has 8 nitrogen and oxygen atoms in total. The van der Waals surface area contributed by atoms with Crippen LogP contribution in [0.25, 0.3) is 0 Å². The predicted octanol–water partition coefficient (Wildman–Crippen LogP) is 5.53. The number of rotatable bonds is 14. The molecule has 0 aliphatic carbocycles. The van der Waals surface area contributed by atoms with Gasteiger partial charge < -0.3 is 29.6 Å². The van der Waals surface area contributed by atoms with Crippen molar-refractivity contribution in [3.63, 3.8) is 0 Å². The summed E-state index contributed by atoms with van der Waals surface area (Å²) in [5, 5.41) is 5.85. The van der Waals surface area contributed by atoms with E-state index in [2.05, 4.69) is 17.6 Å². The van der Waals surface area contributed by atoms with Gasteiger partial charge in [-0.1, -0.05) is 32.3 Å². The van der Waals surface area contributed by atoms with Gasteiger partial charge in [0.05, 0.1) is 27.9 Å². The molecule has 0 spiro atoms. The molecule has 0 heterocycles. The lowest BCUT2D eigenvalue weighted by atomic mass is 10.1. The molecule has 0 aliphatic heterocycles. The summed E-state index contributed by atoms with van der Waals surface area (Å²) in [5.74, 6) is 1.69. The third kappa shape index (κ3) is 7.90. The van der Waals surface area contributed by atoms with E-state index < -0.39 is 6.17 Å². The van der Waals surface area contributed by atoms with Crippen molar-refractivity contribution >= 4 is 11.8 Å². The lowest BCUT2D eigenvalue weighted by Gasteiger charge is -2.22. The molecule has 8 heteroatoms. The number of hydrogen-bond donors (Lipinski definition) is 2. The maximum atomic E-state index is 13.1. The van der Waals surface area contributed by atoms with E-state index in [4.69, 9.17) is 18.9 Å². The molecule has 0 bridgehead atoms. The van der Waals surface area contributed by atoms with Crippen molar-refractivity contribution in [3.05, 3.63) is 83.4 Å². The van der Waals surface area contributed by atoms with Crippen LogP contribution in [-0.2, 0) is 0 Å². The number of unbranched alkanes of at least 4 members (excludes halogenated alkanes) is 3. The van der Waals surface area contributed by atoms with Gasteiger partial charge in [0.25, 0.3) is 11.8 Å². The van der Waals surface area contributed by atoms with E-state index in [1.165, 1.54) is 0 Å². The molecule has 2 amide bonds. The third-order valence-corrected chi connectivity index (χ3v) is 6.03. The molecule has 0 unspecified atom stereocenters. The summed E-state index contributed by atoms with van der Waals surface area (Å²) >= 11 is 0. The average Bonchev–Trinajstić information content (AvgIpc) is 2.96. The van der Waals surface area contributed by atoms with Gasteiger partial charge in [0, 0.05) is 11.1 Å². The van der Waals surface area contributed by atoms with Gasteiger partial charge in [-0.15, -0.1) is 0 Å². The Labute approximate surface area is 224 Å². The van der Waals surface area contributed by atoms with Crippen LogP contribution in [0.1, 0.15) is 65.1 Å². The quantitative estimate of drug-likeness (QED) is 0.214. The Morgan fingerprint density at radius 2 is 1.24 bits per heavy atom. The lowest BCUT2D eigenvalue weighted by molar-refractivity contribution is 0.0883. The Bertz CT molecular complexity index is 1120. The molecule has 0 radical (unpaired) electrons. The minimum absolute atomic E-state index is 0.356. The molecule has 0 aromatic heterocycles. The molecular formula is C30H36N2O6. The van der Waals surface area contributed by atoms with Crippen LogP contribution >= 0.6 is 0 Å². The number of methoxy groups -OCH3 is 3. The smallest absolute Gasteiger partial charge is 0.253 e. The largest absolute Gasteiger partial charge is 0.497 e. The molecule has 0 fully saturated rings. The lowest BCUT2D eigenvalue weighted by Crippen LogP contribution is -2.41. The van der Waals surface area contributed by atoms with Gasteiger partial charge in [0.1, 0.15) is 17.7 Å². The van der Waals surface area contributed by atoms with Crippen LogP contribution in [0.4, 0.5) is 0 Å². The summed E-state index contributed by atoms with van der Waals surface area (Å²) in [7, 11) is 4.70. The van der Waals surface area contributed by atoms with Crippen LogP contribution in [0.15, 0.2) is 66.7 Å². The standard InChI is InChI=1S/C30H36N2O6/c1-5-6-7-8-19-38-27-20-23(13-18-26(27)37-4)28(31-29(33)21-9-14-24(35-2)15-10-21)32-30(34)22-11-16-25(36-3)17-12-22/h9-18,20,28H,5-8,19H2,1-4H3,(H,31,33)(H,32,34). The van der Waals surface area contributed by atoms with Crippen LogP contribution in [0.3, 0.4) is 0 Å². The highest BCUT2D eigenvalue weighted by Gasteiger charge is 2.21. The highest BCUT2D eigenvalue weighted by atomic mass is 16.5. The van der Waals surface area contributed by atoms with Crippen molar-refractivity contribution in [2.75, 3.05) is 27.9 Å². The van der Waals surface area contributed by atoms with Gasteiger partial charge in [0.2, 0.25) is 0 Å². The van der Waals surface area contributed by atoms with Gasteiger partial charge >= 0.3 is 0 Å². The fourth-order valence-electron chi connectivity index (χ4n) is 3.81. The zero-order valence-corrected chi connectivity index (χ0v) is 22.4. The molecule has 38 heavy (non-hydrogen) atoms. The second-order valence-corrected chi connectivity index (χ2v) is 8.66. The Hall–Kier alpha value is -4.20. The van der Waals surface area contributed by atoms with Gasteiger partial charge in [-0.05, 0) is 72.6 Å². The van der Waals surface area contributed by atoms with Crippen molar-refractivity contribution < 1.29 is 28.5 Å². The van der Waals surface area contributed by atoms with E-state index in [0.29, 0.717) is 46.3 Å². The van der Waals surface area contributed by atoms with Crippen LogP contribution in [-0.4, -0.2) is 39.8 Å². The van der Waals surface area contributed by atoms with Crippen molar-refractivity contribution in [1.82, 2.24) is 10.6 Å². The molecule has 2 N–H and O–H groups in total. The second-order valence-electron chi connectivity index (χ2n) is 8.66. The number of amides is 2. The highest BCUT2D eigenvalue weighted by Crippen LogP contribution is 2.30. The van der Waals surface area contributed by atoms with Crippen LogP contribution in [0, 0.1) is 0 Å². The number of nitrogens with one attached hydrogen (secondary N) is 2. The van der Waals surface area contributed by atoms with Gasteiger partial charge in [0.15, 0.2) is 11.5 Å². The summed E-state index contributed by atoms with van der Waals surface area (Å²) in [6.45, 7) is 2.70. The zero-order valence-electron chi connectivity index (χ0n) is 22.4. The summed E-state index contributed by atoms with van der Waals surface area (Å²) in [5.41, 5.74) is 1.49. The van der Waals surface area contributed by atoms with Crippen LogP contribution in [0.2, 0.25) is 0 Å². The fraction of sp³-hybridized carbons (Fsp3) is 0.333. The molecule has 0 atom stereocenters. The van der Waals surface area contributed by atoms with Crippen molar-refractivity contribution in [2.24, 2.45) is 0 Å². The zero-order chi connectivity index (χ0) is 27.3. The molecule has 0 saturated heterocycles. The first-order chi connectivity index (χ1) is 18.5. The number of ether oxygens (including phenoxy) is 4. The first-order valence-electron chi connectivity index (χ1n) is 12.7. The maximum absolute atomic E-state index is 13.1. The van der Waals surface area contributed by atoms with Gasteiger partial charge in [-0.3, -0.25) is 9.59 Å². The molecular weight excluding hydrogens is 484 g/mol. The topological polar surface area (TPSA) is 95.1 Å². The normalized spacial score (nSPS) is 10.6. The van der Waals surface area contributed by atoms with E-state index in [9.17, 15) is 9.59 Å². The molecule has 3 aromatic rings. The van der Waals surface area contributed by atoms with E-state index in [-0.39, 0.29) is 11.8 Å². The molecule has 202 valence electrons. The molecule has 0 saturated carbocycles. The minimum Gasteiger partial charge on any atom is -0.497 e. The van der Waals surface area contributed by atoms with E-state index in [1.807, 2.05) is 0 Å². The Balaban J connectivity index is 1.86. The Morgan fingerprint density at radius 3 is 1.71 bits per heavy atom. The molecule has 3 rings (SSSR count). The predicted molar refractivity (Wildman–Crippen MR) is 146 cm³/mol. The first-order valence-corrected chi connectivity index (χ1v) is 12.7. The van der Waals surface area contributed by atoms with E-state index in [1.54, 1.807) is 88.1 Å². The molecule has 3 aromatic carbocycles. The fourth-order valence-corrected chi connectivity index (χ4v) is 3.81. The van der Waals surface area contributed by atoms with Crippen molar-refractivity contribution in [1.29, 1.82) is 0 Å². The number of benzene rings is 3. The highest BCUT2D eigenvalue weighted by molar-refractivity contribution is 5.97. The Kier molecular flexibility index (Phi) is 10.8. The summed E-state index contributed by atoms with van der Waals surface area (Å²) < 4.78 is 21.9. The van der Waals surface area contributed by atoms with Crippen LogP contribution < -0.4 is 29.6 Å². The Morgan fingerprint density at radius 1 is 0.684 bits per heavy atom. The number of hydrogen-bond acceptors (Lipinski definition) is 6. The SMILES string of the molecule is CCCCCCOc1cc(C(NC(=O)c2ccc(OC)cc2)NC(=O)c2ccc(OC)cc2)ccc1OC. The average molecular weight is 521 g/mol. The van der Waals surface area contributed by atoms with Crippen LogP contribution in [0.5, 0.6) is 23.0 Å². The van der Waals surface area contributed by atoms with E-state index >= 15 is 0 Å². The third-order valence-electron chi connectivity index (χ3n) is 6.03. The maximum Gasteiger partial charge on any atom is 0.253 e. The second kappa shape index (κ2) is 14.5. The van der Waals surface area contributed by atoms with Crippen molar-refractivity contribution in [2.45, 2.75) is 38.8 Å². The van der Waals surface area contributed by atoms with Gasteiger partial charge in [-0.2, -0.15) is 0 Å². The summed E-state index contributed by atoms with van der Waals surface area (Å²) in [6.07, 6.45) is 3.46. The molecule has 0 aliphatic rings. The monoisotopic (exact) mass is 520 g/mol. The minimum atomic E-state index is -0.840. The summed E-state index contributed by atoms with van der Waals surface area (Å²) in [4.78, 5) is 26.3. The van der Waals surface area contributed by atoms with Gasteiger partial charge in [-0.25, -0.2) is 0 Å². The number of carbonyl (C=O) groups is 2. The van der Waals surface area contributed by atoms with Crippen molar-refractivity contribution in [3.8, 4) is 23.0 Å². The number of carbonyl (C=O) groups excluding carboxylic acids is 2. The summed E-state index contributed by atoms with van der Waals surface area (Å²) in [6, 6.07) is 18.8. The van der Waals surface area contributed by atoms with E-state index in [0.717, 1.165) is 25.7 Å².